The fourth-order valence-corrected chi connectivity index (χ4v) is 2.52. The molecule has 1 saturated heterocycles. The number of hydrogen-bond donors (Lipinski definition) is 1. The summed E-state index contributed by atoms with van der Waals surface area (Å²) in [6.07, 6.45) is 4.13. The Labute approximate surface area is 130 Å². The van der Waals surface area contributed by atoms with Crippen molar-refractivity contribution in [3.05, 3.63) is 0 Å². The van der Waals surface area contributed by atoms with E-state index in [-0.39, 0.29) is 30.7 Å². The lowest BCUT2D eigenvalue weighted by atomic mass is 9.98. The van der Waals surface area contributed by atoms with Crippen LogP contribution in [0.15, 0.2) is 0 Å². The molecule has 1 heterocycles. The molecule has 0 spiro atoms. The predicted molar refractivity (Wildman–Crippen MR) is 85.5 cm³/mol. The lowest BCUT2D eigenvalue weighted by Gasteiger charge is -2.32. The van der Waals surface area contributed by atoms with Gasteiger partial charge in [0.15, 0.2) is 0 Å². The second-order valence-electron chi connectivity index (χ2n) is 5.25. The van der Waals surface area contributed by atoms with Crippen LogP contribution in [0.5, 0.6) is 0 Å². The fourth-order valence-electron chi connectivity index (χ4n) is 2.52. The van der Waals surface area contributed by atoms with Gasteiger partial charge in [-0.3, -0.25) is 4.79 Å². The Morgan fingerprint density at radius 1 is 1.42 bits per heavy atom. The number of rotatable bonds is 6. The molecule has 1 N–H and O–H groups in total. The summed E-state index contributed by atoms with van der Waals surface area (Å²) in [5.41, 5.74) is 0. The van der Waals surface area contributed by atoms with Gasteiger partial charge in [-0.05, 0) is 52.4 Å². The van der Waals surface area contributed by atoms with Crippen LogP contribution in [-0.2, 0) is 4.79 Å². The van der Waals surface area contributed by atoms with Crippen LogP contribution in [0.25, 0.3) is 0 Å². The monoisotopic (exact) mass is 313 g/mol. The zero-order valence-electron chi connectivity index (χ0n) is 12.4. The van der Waals surface area contributed by atoms with E-state index in [4.69, 9.17) is 0 Å². The number of carbonyl (C=O) groups excluding carboxylic acids is 1. The molecule has 0 aromatic rings. The molecule has 6 heteroatoms. The second-order valence-corrected chi connectivity index (χ2v) is 5.25. The van der Waals surface area contributed by atoms with E-state index >= 15 is 0 Å². The first-order chi connectivity index (χ1) is 8.13. The van der Waals surface area contributed by atoms with Gasteiger partial charge in [0.25, 0.3) is 0 Å². The second kappa shape index (κ2) is 11.8. The third-order valence-corrected chi connectivity index (χ3v) is 3.50. The van der Waals surface area contributed by atoms with Crippen LogP contribution in [0.4, 0.5) is 0 Å². The molecule has 116 valence electrons. The first kappa shape index (κ1) is 21.3. The molecule has 0 aliphatic carbocycles. The molecule has 0 bridgehead atoms. The van der Waals surface area contributed by atoms with Crippen molar-refractivity contribution in [2.24, 2.45) is 5.92 Å². The summed E-state index contributed by atoms with van der Waals surface area (Å²) in [5.74, 6) is 0.945. The molecule has 4 nitrogen and oxygen atoms in total. The molecule has 1 amide bonds. The van der Waals surface area contributed by atoms with Gasteiger partial charge in [-0.2, -0.15) is 0 Å². The van der Waals surface area contributed by atoms with Gasteiger partial charge in [0.2, 0.25) is 5.91 Å². The van der Waals surface area contributed by atoms with E-state index in [1.165, 1.54) is 19.4 Å². The number of likely N-dealkylation sites (tertiary alicyclic amines) is 1. The maximum atomic E-state index is 11.9. The predicted octanol–water partition coefficient (Wildman–Crippen LogP) is 1.63. The van der Waals surface area contributed by atoms with Gasteiger partial charge in [0, 0.05) is 26.6 Å². The molecule has 0 saturated carbocycles. The Hall–Kier alpha value is -0.0300. The molecule has 1 unspecified atom stereocenters. The summed E-state index contributed by atoms with van der Waals surface area (Å²) < 4.78 is 0. The van der Waals surface area contributed by atoms with E-state index in [1.807, 2.05) is 19.0 Å². The highest BCUT2D eigenvalue weighted by Crippen LogP contribution is 2.16. The molecule has 1 fully saturated rings. The minimum atomic E-state index is 0. The molecule has 1 aliphatic rings. The van der Waals surface area contributed by atoms with E-state index < -0.39 is 0 Å². The number of amides is 1. The molecule has 19 heavy (non-hydrogen) atoms. The SMILES string of the molecule is CNCCCC(=O)N(C)CC1CCCN(C)C1.Cl.Cl. The van der Waals surface area contributed by atoms with E-state index in [0.717, 1.165) is 26.1 Å². The zero-order chi connectivity index (χ0) is 12.7. The number of carbonyl (C=O) groups is 1. The minimum Gasteiger partial charge on any atom is -0.345 e. The standard InChI is InChI=1S/C13H27N3O.2ClH/c1-14-8-4-7-13(17)16(3)11-12-6-5-9-15(2)10-12;;/h12,14H,4-11H2,1-3H3;2*1H. The Balaban J connectivity index is 0. The first-order valence-electron chi connectivity index (χ1n) is 6.70. The molecular weight excluding hydrogens is 285 g/mol. The summed E-state index contributed by atoms with van der Waals surface area (Å²) in [7, 11) is 6.03. The largest absolute Gasteiger partial charge is 0.345 e. The molecular formula is C13H29Cl2N3O. The third-order valence-electron chi connectivity index (χ3n) is 3.50. The Kier molecular flexibility index (Phi) is 13.2. The van der Waals surface area contributed by atoms with Crippen LogP contribution in [0.2, 0.25) is 0 Å². The van der Waals surface area contributed by atoms with E-state index in [2.05, 4.69) is 17.3 Å². The van der Waals surface area contributed by atoms with Crippen molar-refractivity contribution in [3.63, 3.8) is 0 Å². The highest BCUT2D eigenvalue weighted by molar-refractivity contribution is 5.85. The Morgan fingerprint density at radius 2 is 2.11 bits per heavy atom. The van der Waals surface area contributed by atoms with Gasteiger partial charge < -0.3 is 15.1 Å². The average molecular weight is 314 g/mol. The van der Waals surface area contributed by atoms with Gasteiger partial charge in [0.05, 0.1) is 0 Å². The van der Waals surface area contributed by atoms with Crippen molar-refractivity contribution in [2.45, 2.75) is 25.7 Å². The lowest BCUT2D eigenvalue weighted by molar-refractivity contribution is -0.130. The first-order valence-corrected chi connectivity index (χ1v) is 6.70. The summed E-state index contributed by atoms with van der Waals surface area (Å²) in [6, 6.07) is 0. The van der Waals surface area contributed by atoms with Crippen LogP contribution in [0.3, 0.4) is 0 Å². The maximum absolute atomic E-state index is 11.9. The molecule has 0 radical (unpaired) electrons. The Morgan fingerprint density at radius 3 is 2.68 bits per heavy atom. The van der Waals surface area contributed by atoms with E-state index in [0.29, 0.717) is 12.3 Å². The van der Waals surface area contributed by atoms with Crippen LogP contribution < -0.4 is 5.32 Å². The number of hydrogen-bond acceptors (Lipinski definition) is 3. The van der Waals surface area contributed by atoms with Gasteiger partial charge in [-0.1, -0.05) is 0 Å². The number of nitrogens with one attached hydrogen (secondary N) is 1. The molecule has 1 aliphatic heterocycles. The van der Waals surface area contributed by atoms with Crippen LogP contribution >= 0.6 is 24.8 Å². The smallest absolute Gasteiger partial charge is 0.222 e. The van der Waals surface area contributed by atoms with Crippen molar-refractivity contribution >= 4 is 30.7 Å². The highest BCUT2D eigenvalue weighted by Gasteiger charge is 2.20. The van der Waals surface area contributed by atoms with E-state index in [9.17, 15) is 4.79 Å². The molecule has 0 aromatic carbocycles. The van der Waals surface area contributed by atoms with Gasteiger partial charge in [-0.15, -0.1) is 24.8 Å². The van der Waals surface area contributed by atoms with Crippen LogP contribution in [-0.4, -0.2) is 63.0 Å². The maximum Gasteiger partial charge on any atom is 0.222 e. The lowest BCUT2D eigenvalue weighted by Crippen LogP contribution is -2.40. The quantitative estimate of drug-likeness (QED) is 0.757. The average Bonchev–Trinajstić information content (AvgIpc) is 2.29. The van der Waals surface area contributed by atoms with Crippen LogP contribution in [0, 0.1) is 5.92 Å². The number of piperidine rings is 1. The summed E-state index contributed by atoms with van der Waals surface area (Å²) in [5, 5.41) is 3.07. The fraction of sp³-hybridized carbons (Fsp3) is 0.923. The van der Waals surface area contributed by atoms with Gasteiger partial charge in [-0.25, -0.2) is 0 Å². The summed E-state index contributed by atoms with van der Waals surface area (Å²) in [6.45, 7) is 4.18. The number of halogens is 2. The highest BCUT2D eigenvalue weighted by atomic mass is 35.5. The van der Waals surface area contributed by atoms with Crippen molar-refractivity contribution in [2.75, 3.05) is 47.3 Å². The summed E-state index contributed by atoms with van der Waals surface area (Å²) >= 11 is 0. The van der Waals surface area contributed by atoms with Crippen molar-refractivity contribution in [1.29, 1.82) is 0 Å². The molecule has 1 rings (SSSR count). The Bertz CT molecular complexity index is 242. The van der Waals surface area contributed by atoms with Crippen molar-refractivity contribution < 1.29 is 4.79 Å². The minimum absolute atomic E-state index is 0. The zero-order valence-corrected chi connectivity index (χ0v) is 14.0. The van der Waals surface area contributed by atoms with Crippen molar-refractivity contribution in [1.82, 2.24) is 15.1 Å². The molecule has 1 atom stereocenters. The van der Waals surface area contributed by atoms with E-state index in [1.54, 1.807) is 0 Å². The van der Waals surface area contributed by atoms with Crippen LogP contribution in [0.1, 0.15) is 25.7 Å². The molecule has 0 aromatic heterocycles. The topological polar surface area (TPSA) is 35.6 Å². The van der Waals surface area contributed by atoms with Gasteiger partial charge >= 0.3 is 0 Å². The number of nitrogens with zero attached hydrogens (tertiary/aromatic N) is 2. The van der Waals surface area contributed by atoms with Gasteiger partial charge in [0.1, 0.15) is 0 Å². The summed E-state index contributed by atoms with van der Waals surface area (Å²) in [4.78, 5) is 16.1. The normalized spacial score (nSPS) is 19.2. The van der Waals surface area contributed by atoms with Crippen molar-refractivity contribution in [3.8, 4) is 0 Å². The third kappa shape index (κ3) is 8.69.